The largest absolute Gasteiger partial charge is 0.367 e. The Hall–Kier alpha value is -2.27. The Balaban J connectivity index is 1.96. The van der Waals surface area contributed by atoms with Crippen LogP contribution in [-0.4, -0.2) is 81.2 Å². The fourth-order valence-electron chi connectivity index (χ4n) is 2.88. The van der Waals surface area contributed by atoms with Crippen LogP contribution in [0.4, 0.5) is 5.69 Å². The second kappa shape index (κ2) is 10.2. The highest BCUT2D eigenvalue weighted by Gasteiger charge is 2.23. The Kier molecular flexibility index (Phi) is 7.92. The molecule has 1 heterocycles. The lowest BCUT2D eigenvalue weighted by Gasteiger charge is -2.37. The predicted molar refractivity (Wildman–Crippen MR) is 102 cm³/mol. The third kappa shape index (κ3) is 6.43. The first kappa shape index (κ1) is 21.0. The van der Waals surface area contributed by atoms with Gasteiger partial charge in [0, 0.05) is 37.9 Å². The average Bonchev–Trinajstić information content (AvgIpc) is 2.65. The smallest absolute Gasteiger partial charge is 0.267 e. The topological polar surface area (TPSA) is 113 Å². The first-order chi connectivity index (χ1) is 12.9. The number of carbonyl (C=O) groups is 2. The van der Waals surface area contributed by atoms with E-state index in [-0.39, 0.29) is 18.3 Å². The van der Waals surface area contributed by atoms with Gasteiger partial charge in [0.2, 0.25) is 5.91 Å². The number of anilines is 1. The number of hydroxylamine groups is 1. The summed E-state index contributed by atoms with van der Waals surface area (Å²) in [4.78, 5) is 28.9. The number of nitrogens with zero attached hydrogens (tertiary/aromatic N) is 3. The number of likely N-dealkylation sites (N-methyl/N-ethyl adjacent to an activating group) is 1. The van der Waals surface area contributed by atoms with Crippen LogP contribution in [-0.2, 0) is 20.7 Å². The third-order valence-electron chi connectivity index (χ3n) is 4.17. The van der Waals surface area contributed by atoms with Gasteiger partial charge in [-0.1, -0.05) is 18.2 Å². The van der Waals surface area contributed by atoms with Gasteiger partial charge in [-0.3, -0.25) is 19.7 Å². The Bertz CT molecular complexity index is 719. The second-order valence-corrected chi connectivity index (χ2v) is 7.10. The Morgan fingerprint density at radius 1 is 1.26 bits per heavy atom. The molecule has 148 valence electrons. The van der Waals surface area contributed by atoms with Crippen LogP contribution >= 0.6 is 0 Å². The Labute approximate surface area is 160 Å². The predicted octanol–water partition coefficient (Wildman–Crippen LogP) is -0.0352. The van der Waals surface area contributed by atoms with Gasteiger partial charge < -0.3 is 14.4 Å². The molecule has 0 radical (unpaired) electrons. The molecule has 0 aliphatic carbocycles. The van der Waals surface area contributed by atoms with Crippen LogP contribution < -0.4 is 10.4 Å². The lowest BCUT2D eigenvalue weighted by molar-refractivity contribution is -0.132. The summed E-state index contributed by atoms with van der Waals surface area (Å²) in [5.41, 5.74) is 3.34. The fourth-order valence-corrected chi connectivity index (χ4v) is 3.35. The maximum Gasteiger partial charge on any atom is 0.267 e. The number of hydrogen-bond donors (Lipinski definition) is 3. The summed E-state index contributed by atoms with van der Waals surface area (Å²) in [5.74, 6) is -0.740. The van der Waals surface area contributed by atoms with E-state index in [1.807, 2.05) is 24.3 Å². The summed E-state index contributed by atoms with van der Waals surface area (Å²) in [6.07, 6.45) is 2.88. The lowest BCUT2D eigenvalue weighted by Crippen LogP contribution is -2.51. The van der Waals surface area contributed by atoms with Crippen molar-refractivity contribution in [1.29, 1.82) is 0 Å². The molecule has 27 heavy (non-hydrogen) atoms. The standard InChI is InChI=1S/C17H24N4O5S/c1-19(13-27(25)26)12-17(23)21-10-8-20(9-11-21)15-5-3-2-4-14(15)6-7-16(22)18-24/h2-7,24H,8-13H2,1H3,(H,18,22)(H,25,26)/b7-6+. The van der Waals surface area contributed by atoms with Gasteiger partial charge in [0.05, 0.1) is 6.54 Å². The Morgan fingerprint density at radius 2 is 1.93 bits per heavy atom. The van der Waals surface area contributed by atoms with Crippen molar-refractivity contribution in [3.63, 3.8) is 0 Å². The minimum Gasteiger partial charge on any atom is -0.367 e. The van der Waals surface area contributed by atoms with Crippen molar-refractivity contribution in [1.82, 2.24) is 15.3 Å². The van der Waals surface area contributed by atoms with E-state index < -0.39 is 17.0 Å². The minimum atomic E-state index is -1.96. The van der Waals surface area contributed by atoms with E-state index in [1.54, 1.807) is 23.5 Å². The third-order valence-corrected chi connectivity index (χ3v) is 4.83. The quantitative estimate of drug-likeness (QED) is 0.257. The molecule has 10 heteroatoms. The van der Waals surface area contributed by atoms with Gasteiger partial charge in [-0.2, -0.15) is 0 Å². The average molecular weight is 396 g/mol. The first-order valence-electron chi connectivity index (χ1n) is 8.40. The number of para-hydroxylation sites is 1. The molecule has 1 aliphatic rings. The van der Waals surface area contributed by atoms with Crippen LogP contribution in [0.15, 0.2) is 30.3 Å². The molecule has 1 fully saturated rings. The van der Waals surface area contributed by atoms with Crippen LogP contribution in [0.3, 0.4) is 0 Å². The summed E-state index contributed by atoms with van der Waals surface area (Å²) in [7, 11) is 1.63. The molecule has 1 unspecified atom stereocenters. The molecule has 0 aromatic heterocycles. The summed E-state index contributed by atoms with van der Waals surface area (Å²) in [6.45, 7) is 2.47. The number of amides is 2. The molecule has 0 spiro atoms. The SMILES string of the molecule is CN(CC(=O)N1CCN(c2ccccc2/C=C/C(=O)NO)CC1)CS(=O)O. The summed E-state index contributed by atoms with van der Waals surface area (Å²) in [5, 5.41) is 8.59. The van der Waals surface area contributed by atoms with Gasteiger partial charge in [-0.05, 0) is 24.8 Å². The van der Waals surface area contributed by atoms with Gasteiger partial charge in [0.25, 0.3) is 5.91 Å². The van der Waals surface area contributed by atoms with Crippen molar-refractivity contribution >= 4 is 34.7 Å². The molecule has 9 nitrogen and oxygen atoms in total. The van der Waals surface area contributed by atoms with Crippen molar-refractivity contribution < 1.29 is 23.6 Å². The van der Waals surface area contributed by atoms with E-state index in [4.69, 9.17) is 9.76 Å². The molecular weight excluding hydrogens is 372 g/mol. The molecular formula is C17H24N4O5S. The number of piperazine rings is 1. The molecule has 2 rings (SSSR count). The highest BCUT2D eigenvalue weighted by atomic mass is 32.2. The van der Waals surface area contributed by atoms with E-state index >= 15 is 0 Å². The van der Waals surface area contributed by atoms with Gasteiger partial charge in [0.1, 0.15) is 5.88 Å². The van der Waals surface area contributed by atoms with Gasteiger partial charge in [-0.25, -0.2) is 9.69 Å². The van der Waals surface area contributed by atoms with Gasteiger partial charge >= 0.3 is 0 Å². The second-order valence-electron chi connectivity index (χ2n) is 6.20. The summed E-state index contributed by atoms with van der Waals surface area (Å²) in [6, 6.07) is 7.58. The highest BCUT2D eigenvalue weighted by molar-refractivity contribution is 7.79. The zero-order valence-electron chi connectivity index (χ0n) is 15.1. The van der Waals surface area contributed by atoms with Crippen LogP contribution in [0.5, 0.6) is 0 Å². The highest BCUT2D eigenvalue weighted by Crippen LogP contribution is 2.23. The minimum absolute atomic E-state index is 0.0627. The summed E-state index contributed by atoms with van der Waals surface area (Å²) < 4.78 is 19.7. The molecule has 3 N–H and O–H groups in total. The molecule has 0 saturated carbocycles. The van der Waals surface area contributed by atoms with Crippen molar-refractivity contribution in [3.05, 3.63) is 35.9 Å². The van der Waals surface area contributed by atoms with E-state index in [9.17, 15) is 13.8 Å². The molecule has 1 atom stereocenters. The van der Waals surface area contributed by atoms with Crippen molar-refractivity contribution in [2.24, 2.45) is 0 Å². The molecule has 0 bridgehead atoms. The van der Waals surface area contributed by atoms with Crippen molar-refractivity contribution in [3.8, 4) is 0 Å². The molecule has 2 amide bonds. The van der Waals surface area contributed by atoms with Crippen molar-refractivity contribution in [2.75, 3.05) is 50.5 Å². The van der Waals surface area contributed by atoms with Gasteiger partial charge in [0.15, 0.2) is 11.1 Å². The van der Waals surface area contributed by atoms with E-state index in [2.05, 4.69) is 4.90 Å². The maximum absolute atomic E-state index is 12.3. The summed E-state index contributed by atoms with van der Waals surface area (Å²) >= 11 is -1.96. The van der Waals surface area contributed by atoms with Crippen LogP contribution in [0.1, 0.15) is 5.56 Å². The molecule has 1 saturated heterocycles. The first-order valence-corrected chi connectivity index (χ1v) is 9.68. The van der Waals surface area contributed by atoms with Crippen molar-refractivity contribution in [2.45, 2.75) is 0 Å². The molecule has 1 aliphatic heterocycles. The number of nitrogens with one attached hydrogen (secondary N) is 1. The molecule has 1 aromatic rings. The monoisotopic (exact) mass is 396 g/mol. The maximum atomic E-state index is 12.3. The number of rotatable bonds is 7. The number of benzene rings is 1. The van der Waals surface area contributed by atoms with Crippen LogP contribution in [0.25, 0.3) is 6.08 Å². The van der Waals surface area contributed by atoms with E-state index in [0.717, 1.165) is 11.3 Å². The number of carbonyl (C=O) groups excluding carboxylic acids is 2. The normalized spacial score (nSPS) is 16.0. The molecule has 1 aromatic carbocycles. The van der Waals surface area contributed by atoms with E-state index in [1.165, 1.54) is 11.0 Å². The van der Waals surface area contributed by atoms with E-state index in [0.29, 0.717) is 26.2 Å². The fraction of sp³-hybridized carbons (Fsp3) is 0.412. The zero-order chi connectivity index (χ0) is 19.8. The van der Waals surface area contributed by atoms with Crippen LogP contribution in [0.2, 0.25) is 0 Å². The van der Waals surface area contributed by atoms with Gasteiger partial charge in [-0.15, -0.1) is 0 Å². The Morgan fingerprint density at radius 3 is 2.56 bits per heavy atom. The zero-order valence-corrected chi connectivity index (χ0v) is 15.9. The van der Waals surface area contributed by atoms with Crippen LogP contribution in [0, 0.1) is 0 Å². The number of hydrogen-bond acceptors (Lipinski definition) is 6. The lowest BCUT2D eigenvalue weighted by atomic mass is 10.1.